The molecule has 0 spiro atoms. The van der Waals surface area contributed by atoms with E-state index in [-0.39, 0.29) is 11.3 Å². The number of morpholine rings is 1. The molecule has 6 heteroatoms. The number of allylic oxidation sites excluding steroid dienone is 2. The number of anilines is 1. The molecule has 2 heterocycles. The number of benzene rings is 3. The number of phenolic OH excluding ortho intramolecular Hbond substituents is 1. The predicted octanol–water partition coefficient (Wildman–Crippen LogP) is 5.74. The van der Waals surface area contributed by atoms with Gasteiger partial charge in [0.1, 0.15) is 11.6 Å². The summed E-state index contributed by atoms with van der Waals surface area (Å²) in [4.78, 5) is 7.38. The molecule has 1 saturated heterocycles. The maximum absolute atomic E-state index is 9.87. The second-order valence-corrected chi connectivity index (χ2v) is 10.9. The number of phenols is 1. The molecule has 4 aromatic rings. The highest BCUT2D eigenvalue weighted by atomic mass is 16.5. The van der Waals surface area contributed by atoms with Gasteiger partial charge in [0.25, 0.3) is 0 Å². The average Bonchev–Trinajstić information content (AvgIpc) is 3.36. The average molecular weight is 563 g/mol. The molecule has 1 saturated carbocycles. The lowest BCUT2D eigenvalue weighted by atomic mass is 9.73. The Kier molecular flexibility index (Phi) is 8.95. The van der Waals surface area contributed by atoms with Crippen molar-refractivity contribution in [2.45, 2.75) is 45.6 Å². The fourth-order valence-corrected chi connectivity index (χ4v) is 5.55. The Morgan fingerprint density at radius 1 is 0.976 bits per heavy atom. The van der Waals surface area contributed by atoms with Gasteiger partial charge in [0, 0.05) is 35.6 Å². The standard InChI is InChI=1S/C34H36N4O2.C2H6/c1-24(27-5-3-6-30(23-27)37-19-21-40-22-20-37)7-16-32-25(2)38(33(36-32)26-8-14-31(39)15-9-26)29-12-10-28(11-13-29)34(35)17-4-18-34;1-2/h3,5-16,23,39H,2,4,17-22,35H2,1H3;1-2H3/b24-7+,32-16+;. The number of ether oxygens (including phenoxy) is 1. The summed E-state index contributed by atoms with van der Waals surface area (Å²) in [7, 11) is 0. The van der Waals surface area contributed by atoms with Crippen molar-refractivity contribution in [2.24, 2.45) is 5.73 Å². The first-order chi connectivity index (χ1) is 20.4. The third-order valence-corrected chi connectivity index (χ3v) is 8.24. The SMILES string of the molecule is C=c1/c(=C\C=C(/C)c2cccc(N3CCOCC3)c2)nc(-c2ccc(O)cc2)n1-c1ccc(C2(N)CCC2)cc1.CC. The second kappa shape index (κ2) is 12.8. The molecule has 1 aliphatic carbocycles. The van der Waals surface area contributed by atoms with E-state index in [0.29, 0.717) is 0 Å². The first kappa shape index (κ1) is 29.4. The van der Waals surface area contributed by atoms with Gasteiger partial charge in [-0.15, -0.1) is 0 Å². The Morgan fingerprint density at radius 3 is 2.31 bits per heavy atom. The lowest BCUT2D eigenvalue weighted by molar-refractivity contribution is 0.122. The van der Waals surface area contributed by atoms with Crippen LogP contribution < -0.4 is 21.3 Å². The van der Waals surface area contributed by atoms with Crippen molar-refractivity contribution < 1.29 is 9.84 Å². The molecule has 2 aliphatic rings. The minimum absolute atomic E-state index is 0.207. The lowest BCUT2D eigenvalue weighted by Gasteiger charge is -2.38. The minimum atomic E-state index is -0.207. The largest absolute Gasteiger partial charge is 0.508 e. The van der Waals surface area contributed by atoms with Gasteiger partial charge in [-0.1, -0.05) is 50.8 Å². The van der Waals surface area contributed by atoms with Gasteiger partial charge in [0.15, 0.2) is 0 Å². The van der Waals surface area contributed by atoms with Crippen molar-refractivity contribution in [1.82, 2.24) is 9.55 Å². The number of hydrogen-bond donors (Lipinski definition) is 2. The molecule has 6 nitrogen and oxygen atoms in total. The van der Waals surface area contributed by atoms with E-state index in [1.165, 1.54) is 23.2 Å². The van der Waals surface area contributed by atoms with Crippen molar-refractivity contribution in [3.63, 3.8) is 0 Å². The lowest BCUT2D eigenvalue weighted by Crippen LogP contribution is -2.43. The topological polar surface area (TPSA) is 76.5 Å². The van der Waals surface area contributed by atoms with E-state index < -0.39 is 0 Å². The van der Waals surface area contributed by atoms with E-state index >= 15 is 0 Å². The molecule has 0 amide bonds. The maximum Gasteiger partial charge on any atom is 0.145 e. The van der Waals surface area contributed by atoms with Gasteiger partial charge in [-0.3, -0.25) is 4.57 Å². The van der Waals surface area contributed by atoms with Gasteiger partial charge in [0.2, 0.25) is 0 Å². The second-order valence-electron chi connectivity index (χ2n) is 10.9. The zero-order chi connectivity index (χ0) is 29.7. The molecule has 3 N–H and O–H groups in total. The van der Waals surface area contributed by atoms with E-state index in [4.69, 9.17) is 15.5 Å². The summed E-state index contributed by atoms with van der Waals surface area (Å²) in [5.74, 6) is 0.995. The van der Waals surface area contributed by atoms with Crippen LogP contribution in [0.3, 0.4) is 0 Å². The highest BCUT2D eigenvalue weighted by molar-refractivity contribution is 5.72. The van der Waals surface area contributed by atoms with Crippen LogP contribution in [0.2, 0.25) is 0 Å². The van der Waals surface area contributed by atoms with Gasteiger partial charge < -0.3 is 20.5 Å². The Balaban J connectivity index is 0.00000173. The van der Waals surface area contributed by atoms with Crippen LogP contribution in [-0.4, -0.2) is 41.0 Å². The Morgan fingerprint density at radius 2 is 1.67 bits per heavy atom. The molecule has 6 rings (SSSR count). The summed E-state index contributed by atoms with van der Waals surface area (Å²) < 4.78 is 7.59. The van der Waals surface area contributed by atoms with Crippen molar-refractivity contribution in [1.29, 1.82) is 0 Å². The number of imidazole rings is 1. The molecule has 2 fully saturated rings. The van der Waals surface area contributed by atoms with Crippen LogP contribution in [-0.2, 0) is 10.3 Å². The van der Waals surface area contributed by atoms with Crippen LogP contribution in [0.1, 0.15) is 51.2 Å². The number of rotatable bonds is 6. The van der Waals surface area contributed by atoms with Crippen LogP contribution in [0.25, 0.3) is 35.3 Å². The molecule has 218 valence electrons. The highest BCUT2D eigenvalue weighted by Crippen LogP contribution is 2.38. The molecule has 0 bridgehead atoms. The summed E-state index contributed by atoms with van der Waals surface area (Å²) in [6, 6.07) is 24.2. The van der Waals surface area contributed by atoms with Gasteiger partial charge in [-0.2, -0.15) is 0 Å². The van der Waals surface area contributed by atoms with Crippen molar-refractivity contribution in [3.05, 3.63) is 101 Å². The molecule has 0 unspecified atom stereocenters. The highest BCUT2D eigenvalue weighted by Gasteiger charge is 2.34. The molecule has 0 radical (unpaired) electrons. The van der Waals surface area contributed by atoms with E-state index in [0.717, 1.165) is 72.5 Å². The predicted molar refractivity (Wildman–Crippen MR) is 174 cm³/mol. The monoisotopic (exact) mass is 562 g/mol. The van der Waals surface area contributed by atoms with Gasteiger partial charge >= 0.3 is 0 Å². The molecule has 1 aliphatic heterocycles. The molecular formula is C36H42N4O2. The van der Waals surface area contributed by atoms with Crippen molar-refractivity contribution >= 4 is 23.9 Å². The molecule has 3 aromatic carbocycles. The van der Waals surface area contributed by atoms with E-state index in [1.807, 2.05) is 32.1 Å². The number of nitrogens with zero attached hydrogens (tertiary/aromatic N) is 3. The van der Waals surface area contributed by atoms with Crippen LogP contribution in [0.4, 0.5) is 5.69 Å². The van der Waals surface area contributed by atoms with Crippen LogP contribution >= 0.6 is 0 Å². The maximum atomic E-state index is 9.87. The van der Waals surface area contributed by atoms with E-state index in [9.17, 15) is 5.11 Å². The number of hydrogen-bond acceptors (Lipinski definition) is 5. The van der Waals surface area contributed by atoms with E-state index in [1.54, 1.807) is 12.1 Å². The first-order valence-corrected chi connectivity index (χ1v) is 15.0. The summed E-state index contributed by atoms with van der Waals surface area (Å²) in [6.45, 7) is 13.9. The van der Waals surface area contributed by atoms with Crippen LogP contribution in [0.15, 0.2) is 78.9 Å². The first-order valence-electron chi connectivity index (χ1n) is 15.0. The number of nitrogens with two attached hydrogens (primary N) is 1. The van der Waals surface area contributed by atoms with E-state index in [2.05, 4.69) is 77.6 Å². The van der Waals surface area contributed by atoms with Gasteiger partial charge in [-0.05, 0) is 97.5 Å². The third kappa shape index (κ3) is 6.06. The molecule has 1 aromatic heterocycles. The van der Waals surface area contributed by atoms with Crippen molar-refractivity contribution in [2.75, 3.05) is 31.2 Å². The molecule has 42 heavy (non-hydrogen) atoms. The Hall–Kier alpha value is -4.13. The van der Waals surface area contributed by atoms with Gasteiger partial charge in [-0.25, -0.2) is 4.98 Å². The fourth-order valence-electron chi connectivity index (χ4n) is 5.55. The summed E-state index contributed by atoms with van der Waals surface area (Å²) in [6.07, 6.45) is 7.38. The van der Waals surface area contributed by atoms with Crippen LogP contribution in [0.5, 0.6) is 5.75 Å². The summed E-state index contributed by atoms with van der Waals surface area (Å²) in [5, 5.41) is 11.5. The quantitative estimate of drug-likeness (QED) is 0.314. The summed E-state index contributed by atoms with van der Waals surface area (Å²) in [5.41, 5.74) is 13.0. The van der Waals surface area contributed by atoms with Gasteiger partial charge in [0.05, 0.1) is 23.9 Å². The number of aromatic nitrogens is 2. The third-order valence-electron chi connectivity index (χ3n) is 8.24. The zero-order valence-electron chi connectivity index (χ0n) is 25.0. The Bertz CT molecular complexity index is 1640. The Labute approximate surface area is 249 Å². The zero-order valence-corrected chi connectivity index (χ0v) is 25.0. The number of aromatic hydroxyl groups is 1. The fraction of sp³-hybridized carbons (Fsp3) is 0.306. The summed E-state index contributed by atoms with van der Waals surface area (Å²) >= 11 is 0. The molecular weight excluding hydrogens is 520 g/mol. The normalized spacial score (nSPS) is 16.9. The molecule has 0 atom stereocenters. The van der Waals surface area contributed by atoms with Crippen LogP contribution in [0, 0.1) is 0 Å². The van der Waals surface area contributed by atoms with Crippen molar-refractivity contribution in [3.8, 4) is 22.8 Å². The smallest absolute Gasteiger partial charge is 0.145 e. The minimum Gasteiger partial charge on any atom is -0.508 e.